The molecule has 1 aliphatic rings. The van der Waals surface area contributed by atoms with Crippen LogP contribution in [0.1, 0.15) is 71.9 Å². The Hall–Kier alpha value is -3.30. The van der Waals surface area contributed by atoms with Crippen molar-refractivity contribution in [3.63, 3.8) is 0 Å². The lowest BCUT2D eigenvalue weighted by molar-refractivity contribution is -0.140. The molecule has 1 fully saturated rings. The number of carbonyl (C=O) groups is 3. The number of ether oxygens (including phenoxy) is 1. The lowest BCUT2D eigenvalue weighted by Gasteiger charge is -2.32. The van der Waals surface area contributed by atoms with Crippen LogP contribution in [0.4, 0.5) is 4.79 Å². The molecule has 1 aliphatic heterocycles. The SMILES string of the molecule is CC(C)(C)C[C@@H](NC(=O)OC(C)(C)C)C(=O)N1CCC[C@H]1C(=O)NCc1ccc(C(N)=NO)cc1. The summed E-state index contributed by atoms with van der Waals surface area (Å²) in [7, 11) is 0. The zero-order chi connectivity index (χ0) is 26.4. The van der Waals surface area contributed by atoms with Crippen LogP contribution in [0.2, 0.25) is 0 Å². The fourth-order valence-corrected chi connectivity index (χ4v) is 3.92. The summed E-state index contributed by atoms with van der Waals surface area (Å²) in [5.74, 6) is -0.528. The van der Waals surface area contributed by atoms with E-state index in [9.17, 15) is 14.4 Å². The Morgan fingerprint density at radius 3 is 2.34 bits per heavy atom. The van der Waals surface area contributed by atoms with Crippen molar-refractivity contribution in [2.75, 3.05) is 6.54 Å². The maximum Gasteiger partial charge on any atom is 0.408 e. The van der Waals surface area contributed by atoms with Gasteiger partial charge in [0.05, 0.1) is 0 Å². The number of carbonyl (C=O) groups excluding carboxylic acids is 3. The van der Waals surface area contributed by atoms with E-state index < -0.39 is 23.8 Å². The predicted octanol–water partition coefficient (Wildman–Crippen LogP) is 2.72. The van der Waals surface area contributed by atoms with E-state index in [0.717, 1.165) is 5.56 Å². The van der Waals surface area contributed by atoms with E-state index in [-0.39, 0.29) is 29.6 Å². The third-order valence-electron chi connectivity index (χ3n) is 5.47. The Bertz CT molecular complexity index is 931. The Balaban J connectivity index is 2.07. The monoisotopic (exact) mass is 489 g/mol. The molecule has 0 unspecified atom stereocenters. The van der Waals surface area contributed by atoms with Gasteiger partial charge in [-0.25, -0.2) is 4.79 Å². The maximum absolute atomic E-state index is 13.5. The average Bonchev–Trinajstić information content (AvgIpc) is 3.24. The molecule has 10 heteroatoms. The highest BCUT2D eigenvalue weighted by molar-refractivity contribution is 5.97. The summed E-state index contributed by atoms with van der Waals surface area (Å²) in [6.07, 6.45) is 1.00. The number of oxime groups is 1. The second-order valence-electron chi connectivity index (χ2n) is 11.1. The molecule has 194 valence electrons. The highest BCUT2D eigenvalue weighted by atomic mass is 16.6. The molecule has 0 aromatic heterocycles. The molecule has 2 atom stereocenters. The number of nitrogens with zero attached hydrogens (tertiary/aromatic N) is 2. The molecule has 1 heterocycles. The number of hydrogen-bond donors (Lipinski definition) is 4. The summed E-state index contributed by atoms with van der Waals surface area (Å²) in [6, 6.07) is 5.53. The van der Waals surface area contributed by atoms with Crippen molar-refractivity contribution < 1.29 is 24.3 Å². The summed E-state index contributed by atoms with van der Waals surface area (Å²) in [5, 5.41) is 17.3. The third-order valence-corrected chi connectivity index (χ3v) is 5.47. The molecular weight excluding hydrogens is 450 g/mol. The van der Waals surface area contributed by atoms with Crippen LogP contribution in [0.25, 0.3) is 0 Å². The minimum absolute atomic E-state index is 0.00509. The Labute approximate surface area is 207 Å². The largest absolute Gasteiger partial charge is 0.444 e. The number of hydrogen-bond acceptors (Lipinski definition) is 6. The van der Waals surface area contributed by atoms with Crippen molar-refractivity contribution >= 4 is 23.7 Å². The third kappa shape index (κ3) is 8.77. The van der Waals surface area contributed by atoms with Crippen LogP contribution in [0.5, 0.6) is 0 Å². The molecule has 5 N–H and O–H groups in total. The van der Waals surface area contributed by atoms with E-state index in [0.29, 0.717) is 31.4 Å². The molecule has 35 heavy (non-hydrogen) atoms. The summed E-state index contributed by atoms with van der Waals surface area (Å²) < 4.78 is 5.36. The van der Waals surface area contributed by atoms with Crippen LogP contribution >= 0.6 is 0 Å². The first-order chi connectivity index (χ1) is 16.2. The van der Waals surface area contributed by atoms with Gasteiger partial charge in [0.1, 0.15) is 17.7 Å². The molecule has 0 radical (unpaired) electrons. The number of likely N-dealkylation sites (tertiary alicyclic amines) is 1. The number of alkyl carbamates (subject to hydrolysis) is 1. The van der Waals surface area contributed by atoms with Crippen LogP contribution in [0, 0.1) is 5.41 Å². The van der Waals surface area contributed by atoms with E-state index in [2.05, 4.69) is 15.8 Å². The maximum atomic E-state index is 13.5. The molecule has 0 aliphatic carbocycles. The molecule has 10 nitrogen and oxygen atoms in total. The van der Waals surface area contributed by atoms with Crippen molar-refractivity contribution in [1.82, 2.24) is 15.5 Å². The first-order valence-electron chi connectivity index (χ1n) is 11.8. The van der Waals surface area contributed by atoms with E-state index in [4.69, 9.17) is 15.7 Å². The quantitative estimate of drug-likeness (QED) is 0.200. The number of amidine groups is 1. The first-order valence-corrected chi connectivity index (χ1v) is 11.8. The lowest BCUT2D eigenvalue weighted by Crippen LogP contribution is -2.54. The van der Waals surface area contributed by atoms with Gasteiger partial charge in [0.15, 0.2) is 5.84 Å². The van der Waals surface area contributed by atoms with E-state index in [1.807, 2.05) is 20.8 Å². The zero-order valence-electron chi connectivity index (χ0n) is 21.6. The topological polar surface area (TPSA) is 146 Å². The van der Waals surface area contributed by atoms with E-state index >= 15 is 0 Å². The standard InChI is InChI=1S/C25H39N5O5/c1-24(2,3)14-18(28-23(33)35-25(4,5)6)22(32)30-13-7-8-19(30)21(31)27-15-16-9-11-17(12-10-16)20(26)29-34/h9-12,18-19,34H,7-8,13-15H2,1-6H3,(H2,26,29)(H,27,31)(H,28,33)/t18-,19+/m1/s1. The van der Waals surface area contributed by atoms with Crippen molar-refractivity contribution in [1.29, 1.82) is 0 Å². The number of amides is 3. The summed E-state index contributed by atoms with van der Waals surface area (Å²) >= 11 is 0. The fraction of sp³-hybridized carbons (Fsp3) is 0.600. The minimum atomic E-state index is -0.801. The lowest BCUT2D eigenvalue weighted by atomic mass is 9.87. The van der Waals surface area contributed by atoms with Gasteiger partial charge >= 0.3 is 6.09 Å². The highest BCUT2D eigenvalue weighted by Gasteiger charge is 2.39. The second kappa shape index (κ2) is 11.4. The normalized spacial score (nSPS) is 17.6. The van der Waals surface area contributed by atoms with Gasteiger partial charge in [0, 0.05) is 18.7 Å². The molecule has 0 spiro atoms. The molecule has 0 saturated carbocycles. The highest BCUT2D eigenvalue weighted by Crippen LogP contribution is 2.25. The molecule has 1 aromatic carbocycles. The Kier molecular flexibility index (Phi) is 9.12. The summed E-state index contributed by atoms with van der Waals surface area (Å²) in [6.45, 7) is 12.0. The summed E-state index contributed by atoms with van der Waals surface area (Å²) in [5.41, 5.74) is 6.05. The van der Waals surface area contributed by atoms with Crippen LogP contribution < -0.4 is 16.4 Å². The number of nitrogens with one attached hydrogen (secondary N) is 2. The van der Waals surface area contributed by atoms with Crippen molar-refractivity contribution in [3.8, 4) is 0 Å². The van der Waals surface area contributed by atoms with Gasteiger partial charge in [0.25, 0.3) is 0 Å². The summed E-state index contributed by atoms with van der Waals surface area (Å²) in [4.78, 5) is 40.4. The molecular formula is C25H39N5O5. The number of benzene rings is 1. The van der Waals surface area contributed by atoms with Gasteiger partial charge in [-0.15, -0.1) is 0 Å². The van der Waals surface area contributed by atoms with Crippen molar-refractivity contribution in [3.05, 3.63) is 35.4 Å². The fourth-order valence-electron chi connectivity index (χ4n) is 3.92. The second-order valence-corrected chi connectivity index (χ2v) is 11.1. The van der Waals surface area contributed by atoms with Crippen LogP contribution in [-0.4, -0.2) is 58.1 Å². The smallest absolute Gasteiger partial charge is 0.408 e. The molecule has 0 bridgehead atoms. The van der Waals surface area contributed by atoms with Gasteiger partial charge in [-0.2, -0.15) is 0 Å². The van der Waals surface area contributed by atoms with Crippen molar-refractivity contribution in [2.24, 2.45) is 16.3 Å². The number of rotatable bonds is 7. The van der Waals surface area contributed by atoms with Gasteiger partial charge in [-0.05, 0) is 51.0 Å². The predicted molar refractivity (Wildman–Crippen MR) is 133 cm³/mol. The van der Waals surface area contributed by atoms with Crippen LogP contribution in [0.3, 0.4) is 0 Å². The van der Waals surface area contributed by atoms with Gasteiger partial charge in [0.2, 0.25) is 11.8 Å². The van der Waals surface area contributed by atoms with Gasteiger partial charge < -0.3 is 31.2 Å². The zero-order valence-corrected chi connectivity index (χ0v) is 21.6. The first kappa shape index (κ1) is 27.9. The Morgan fingerprint density at radius 1 is 1.17 bits per heavy atom. The molecule has 2 rings (SSSR count). The van der Waals surface area contributed by atoms with Crippen LogP contribution in [0.15, 0.2) is 29.4 Å². The Morgan fingerprint density at radius 2 is 1.80 bits per heavy atom. The van der Waals surface area contributed by atoms with E-state index in [1.165, 1.54) is 0 Å². The van der Waals surface area contributed by atoms with Crippen molar-refractivity contribution in [2.45, 2.75) is 85.0 Å². The van der Waals surface area contributed by atoms with Gasteiger partial charge in [-0.3, -0.25) is 9.59 Å². The van der Waals surface area contributed by atoms with Gasteiger partial charge in [-0.1, -0.05) is 50.2 Å². The van der Waals surface area contributed by atoms with E-state index in [1.54, 1.807) is 49.9 Å². The number of nitrogens with two attached hydrogens (primary N) is 1. The molecule has 3 amide bonds. The minimum Gasteiger partial charge on any atom is -0.444 e. The average molecular weight is 490 g/mol. The molecule has 1 saturated heterocycles. The molecule has 1 aromatic rings. The van der Waals surface area contributed by atoms with Crippen LogP contribution in [-0.2, 0) is 20.9 Å².